The van der Waals surface area contributed by atoms with Crippen LogP contribution in [0.25, 0.3) is 0 Å². The van der Waals surface area contributed by atoms with Crippen LogP contribution >= 0.6 is 11.6 Å². The van der Waals surface area contributed by atoms with Crippen molar-refractivity contribution in [1.29, 1.82) is 0 Å². The topological polar surface area (TPSA) is 51.4 Å². The van der Waals surface area contributed by atoms with E-state index in [4.69, 9.17) is 20.8 Å². The van der Waals surface area contributed by atoms with Crippen LogP contribution in [0.5, 0.6) is 0 Å². The minimum Gasteiger partial charge on any atom is -0.408 e. The van der Waals surface area contributed by atoms with Gasteiger partial charge in [-0.25, -0.2) is 0 Å². The van der Waals surface area contributed by atoms with Crippen molar-refractivity contribution in [3.8, 4) is 0 Å². The fourth-order valence-corrected chi connectivity index (χ4v) is 1.18. The second-order valence-corrected chi connectivity index (χ2v) is 3.41. The molecule has 0 aliphatic rings. The van der Waals surface area contributed by atoms with Gasteiger partial charge in [-0.05, 0) is 6.92 Å². The third-order valence-electron chi connectivity index (χ3n) is 1.87. The smallest absolute Gasteiger partial charge is 0.317 e. The number of aryl methyl sites for hydroxylation is 1. The molecule has 0 aliphatic heterocycles. The molecule has 1 aromatic rings. The molecule has 0 bridgehead atoms. The highest BCUT2D eigenvalue weighted by Gasteiger charge is 2.09. The predicted octanol–water partition coefficient (Wildman–Crippen LogP) is 1.32. The predicted molar refractivity (Wildman–Crippen MR) is 58.5 cm³/mol. The first kappa shape index (κ1) is 12.3. The number of anilines is 1. The molecule has 0 spiro atoms. The number of halogens is 1. The van der Waals surface area contributed by atoms with Crippen LogP contribution in [-0.4, -0.2) is 42.9 Å². The molecule has 1 rings (SSSR count). The molecule has 1 heterocycles. The van der Waals surface area contributed by atoms with Crippen molar-refractivity contribution in [1.82, 2.24) is 10.2 Å². The summed E-state index contributed by atoms with van der Waals surface area (Å²) in [6.07, 6.45) is 0.605. The van der Waals surface area contributed by atoms with Crippen molar-refractivity contribution in [2.24, 2.45) is 0 Å². The highest BCUT2D eigenvalue weighted by atomic mass is 35.5. The molecule has 0 unspecified atom stereocenters. The Labute approximate surface area is 94.4 Å². The van der Waals surface area contributed by atoms with Crippen molar-refractivity contribution in [2.45, 2.75) is 13.3 Å². The number of hydrogen-bond acceptors (Lipinski definition) is 5. The Morgan fingerprint density at radius 2 is 2.27 bits per heavy atom. The molecule has 0 N–H and O–H groups in total. The molecule has 5 nitrogen and oxygen atoms in total. The summed E-state index contributed by atoms with van der Waals surface area (Å²) in [5, 5.41) is 7.78. The summed E-state index contributed by atoms with van der Waals surface area (Å²) in [5.41, 5.74) is 0. The van der Waals surface area contributed by atoms with E-state index < -0.39 is 0 Å². The maximum absolute atomic E-state index is 5.57. The zero-order valence-electron chi connectivity index (χ0n) is 9.07. The fourth-order valence-electron chi connectivity index (χ4n) is 1.02. The lowest BCUT2D eigenvalue weighted by Gasteiger charge is -2.12. The third kappa shape index (κ3) is 4.05. The van der Waals surface area contributed by atoms with E-state index in [1.807, 2.05) is 18.9 Å². The minimum absolute atomic E-state index is 0.490. The number of aromatic nitrogens is 2. The summed E-state index contributed by atoms with van der Waals surface area (Å²) in [5.74, 6) is 1.06. The molecule has 0 fully saturated rings. The molecular formula is C9H16ClN3O2. The van der Waals surface area contributed by atoms with Crippen LogP contribution in [0.15, 0.2) is 4.42 Å². The van der Waals surface area contributed by atoms with Gasteiger partial charge in [0.1, 0.15) is 0 Å². The Kier molecular flexibility index (Phi) is 5.42. The molecule has 15 heavy (non-hydrogen) atoms. The van der Waals surface area contributed by atoms with Gasteiger partial charge in [-0.3, -0.25) is 0 Å². The first-order valence-corrected chi connectivity index (χ1v) is 5.48. The van der Waals surface area contributed by atoms with Crippen LogP contribution in [0, 0.1) is 0 Å². The summed E-state index contributed by atoms with van der Waals surface area (Å²) < 4.78 is 10.6. The number of alkyl halides is 1. The molecule has 0 radical (unpaired) electrons. The largest absolute Gasteiger partial charge is 0.408 e. The Hall–Kier alpha value is -0.810. The SMILES string of the molecule is CCOCCN(C)c1nnc(CCCl)o1. The summed E-state index contributed by atoms with van der Waals surface area (Å²) >= 11 is 5.57. The lowest BCUT2D eigenvalue weighted by atomic mass is 10.5. The fraction of sp³-hybridized carbons (Fsp3) is 0.778. The zero-order valence-corrected chi connectivity index (χ0v) is 9.83. The van der Waals surface area contributed by atoms with E-state index in [0.29, 0.717) is 30.8 Å². The van der Waals surface area contributed by atoms with Crippen molar-refractivity contribution >= 4 is 17.6 Å². The van der Waals surface area contributed by atoms with E-state index in [2.05, 4.69) is 10.2 Å². The zero-order chi connectivity index (χ0) is 11.1. The second-order valence-electron chi connectivity index (χ2n) is 3.04. The quantitative estimate of drug-likeness (QED) is 0.525. The third-order valence-corrected chi connectivity index (χ3v) is 2.06. The number of hydrogen-bond donors (Lipinski definition) is 0. The normalized spacial score (nSPS) is 10.6. The van der Waals surface area contributed by atoms with Crippen LogP contribution in [0.1, 0.15) is 12.8 Å². The van der Waals surface area contributed by atoms with Gasteiger partial charge in [0.05, 0.1) is 6.61 Å². The summed E-state index contributed by atoms with van der Waals surface area (Å²) in [7, 11) is 1.89. The number of likely N-dealkylation sites (N-methyl/N-ethyl adjacent to an activating group) is 1. The van der Waals surface area contributed by atoms with Crippen molar-refractivity contribution in [3.05, 3.63) is 5.89 Å². The average Bonchev–Trinajstić information content (AvgIpc) is 2.67. The lowest BCUT2D eigenvalue weighted by molar-refractivity contribution is 0.154. The standard InChI is InChI=1S/C9H16ClN3O2/c1-3-14-7-6-13(2)9-12-11-8(15-9)4-5-10/h3-7H2,1-2H3. The van der Waals surface area contributed by atoms with E-state index in [9.17, 15) is 0 Å². The first-order chi connectivity index (χ1) is 7.27. The summed E-state index contributed by atoms with van der Waals surface area (Å²) in [6.45, 7) is 4.07. The molecule has 0 amide bonds. The molecule has 1 aromatic heterocycles. The van der Waals surface area contributed by atoms with E-state index >= 15 is 0 Å². The number of nitrogens with zero attached hydrogens (tertiary/aromatic N) is 3. The van der Waals surface area contributed by atoms with Gasteiger partial charge in [0.15, 0.2) is 0 Å². The molecule has 0 saturated carbocycles. The monoisotopic (exact) mass is 233 g/mol. The van der Waals surface area contributed by atoms with E-state index in [-0.39, 0.29) is 0 Å². The summed E-state index contributed by atoms with van der Waals surface area (Å²) in [6, 6.07) is 0.509. The lowest BCUT2D eigenvalue weighted by Crippen LogP contribution is -2.22. The van der Waals surface area contributed by atoms with Crippen LogP contribution in [0.3, 0.4) is 0 Å². The van der Waals surface area contributed by atoms with Gasteiger partial charge in [0, 0.05) is 32.5 Å². The van der Waals surface area contributed by atoms with E-state index in [1.165, 1.54) is 0 Å². The van der Waals surface area contributed by atoms with Crippen molar-refractivity contribution < 1.29 is 9.15 Å². The van der Waals surface area contributed by atoms with Crippen molar-refractivity contribution in [2.75, 3.05) is 37.6 Å². The van der Waals surface area contributed by atoms with Gasteiger partial charge in [-0.15, -0.1) is 16.7 Å². The minimum atomic E-state index is 0.490. The van der Waals surface area contributed by atoms with Gasteiger partial charge in [0.2, 0.25) is 5.89 Å². The molecule has 0 atom stereocenters. The molecule has 86 valence electrons. The molecule has 0 aromatic carbocycles. The molecule has 6 heteroatoms. The maximum Gasteiger partial charge on any atom is 0.317 e. The van der Waals surface area contributed by atoms with Crippen LogP contribution < -0.4 is 4.90 Å². The average molecular weight is 234 g/mol. The van der Waals surface area contributed by atoms with Gasteiger partial charge in [-0.1, -0.05) is 5.10 Å². The highest BCUT2D eigenvalue weighted by Crippen LogP contribution is 2.10. The molecular weight excluding hydrogens is 218 g/mol. The Bertz CT molecular complexity index is 280. The van der Waals surface area contributed by atoms with E-state index in [0.717, 1.165) is 13.2 Å². The van der Waals surface area contributed by atoms with Gasteiger partial charge < -0.3 is 14.1 Å². The Morgan fingerprint density at radius 1 is 1.47 bits per heavy atom. The number of rotatable bonds is 7. The Balaban J connectivity index is 2.39. The Morgan fingerprint density at radius 3 is 2.93 bits per heavy atom. The van der Waals surface area contributed by atoms with E-state index in [1.54, 1.807) is 0 Å². The van der Waals surface area contributed by atoms with Gasteiger partial charge in [-0.2, -0.15) is 0 Å². The highest BCUT2D eigenvalue weighted by molar-refractivity contribution is 6.17. The summed E-state index contributed by atoms with van der Waals surface area (Å²) in [4.78, 5) is 1.86. The van der Waals surface area contributed by atoms with Crippen molar-refractivity contribution in [3.63, 3.8) is 0 Å². The van der Waals surface area contributed by atoms with Gasteiger partial charge >= 0.3 is 6.01 Å². The maximum atomic E-state index is 5.57. The van der Waals surface area contributed by atoms with Crippen LogP contribution in [0.2, 0.25) is 0 Å². The first-order valence-electron chi connectivity index (χ1n) is 4.95. The van der Waals surface area contributed by atoms with Crippen LogP contribution in [-0.2, 0) is 11.2 Å². The molecule has 0 aliphatic carbocycles. The van der Waals surface area contributed by atoms with Crippen LogP contribution in [0.4, 0.5) is 6.01 Å². The second kappa shape index (κ2) is 6.63. The number of ether oxygens (including phenoxy) is 1. The van der Waals surface area contributed by atoms with Gasteiger partial charge in [0.25, 0.3) is 0 Å². The molecule has 0 saturated heterocycles.